The summed E-state index contributed by atoms with van der Waals surface area (Å²) in [4.78, 5) is 0. The molecule has 0 amide bonds. The molecule has 0 saturated heterocycles. The maximum Gasteiger partial charge on any atom is 0.130 e. The standard InChI is InChI=1S/C13H17BrO2/c1-13(7-8-15)6-2-3-9-10(13)4-5-11(16)12(9)14/h4-5,15-16H,2-3,6-8H2,1H3. The lowest BCUT2D eigenvalue weighted by molar-refractivity contribution is 0.231. The lowest BCUT2D eigenvalue weighted by Crippen LogP contribution is -2.28. The van der Waals surface area contributed by atoms with Gasteiger partial charge in [-0.2, -0.15) is 0 Å². The number of phenols is 1. The highest BCUT2D eigenvalue weighted by molar-refractivity contribution is 9.10. The van der Waals surface area contributed by atoms with Gasteiger partial charge in [0.05, 0.1) is 4.47 Å². The van der Waals surface area contributed by atoms with E-state index in [1.165, 1.54) is 11.1 Å². The van der Waals surface area contributed by atoms with Crippen LogP contribution in [0, 0.1) is 0 Å². The van der Waals surface area contributed by atoms with Gasteiger partial charge in [-0.05, 0) is 64.2 Å². The smallest absolute Gasteiger partial charge is 0.130 e. The molecule has 88 valence electrons. The Bertz CT molecular complexity index is 403. The molecule has 2 rings (SSSR count). The zero-order valence-electron chi connectivity index (χ0n) is 9.46. The van der Waals surface area contributed by atoms with E-state index in [1.54, 1.807) is 6.07 Å². The third-order valence-corrected chi connectivity index (χ3v) is 4.58. The first-order chi connectivity index (χ1) is 7.58. The summed E-state index contributed by atoms with van der Waals surface area (Å²) < 4.78 is 0.828. The molecule has 0 radical (unpaired) electrons. The van der Waals surface area contributed by atoms with Crippen molar-refractivity contribution in [2.45, 2.75) is 38.0 Å². The van der Waals surface area contributed by atoms with Crippen LogP contribution in [0.4, 0.5) is 0 Å². The molecule has 0 saturated carbocycles. The largest absolute Gasteiger partial charge is 0.507 e. The van der Waals surface area contributed by atoms with E-state index < -0.39 is 0 Å². The number of benzene rings is 1. The Morgan fingerprint density at radius 1 is 1.44 bits per heavy atom. The van der Waals surface area contributed by atoms with Crippen LogP contribution in [0.1, 0.15) is 37.3 Å². The minimum Gasteiger partial charge on any atom is -0.507 e. The monoisotopic (exact) mass is 284 g/mol. The lowest BCUT2D eigenvalue weighted by Gasteiger charge is -2.36. The van der Waals surface area contributed by atoms with Crippen LogP contribution in [0.25, 0.3) is 0 Å². The number of phenolic OH excluding ortho intramolecular Hbond substituents is 1. The molecule has 1 aliphatic rings. The van der Waals surface area contributed by atoms with Gasteiger partial charge in [-0.1, -0.05) is 13.0 Å². The fourth-order valence-electron chi connectivity index (χ4n) is 2.72. The van der Waals surface area contributed by atoms with Crippen molar-refractivity contribution in [2.24, 2.45) is 0 Å². The first-order valence-corrected chi connectivity index (χ1v) is 6.49. The Balaban J connectivity index is 2.51. The van der Waals surface area contributed by atoms with Gasteiger partial charge in [0.1, 0.15) is 5.75 Å². The Hall–Kier alpha value is -0.540. The zero-order chi connectivity index (χ0) is 11.8. The summed E-state index contributed by atoms with van der Waals surface area (Å²) in [6, 6.07) is 3.74. The van der Waals surface area contributed by atoms with Crippen LogP contribution < -0.4 is 0 Å². The van der Waals surface area contributed by atoms with Gasteiger partial charge >= 0.3 is 0 Å². The molecule has 2 nitrogen and oxygen atoms in total. The summed E-state index contributed by atoms with van der Waals surface area (Å²) >= 11 is 3.46. The SMILES string of the molecule is CC1(CCO)CCCc2c1ccc(O)c2Br. The summed E-state index contributed by atoms with van der Waals surface area (Å²) in [5, 5.41) is 18.9. The second-order valence-corrected chi connectivity index (χ2v) is 5.61. The Morgan fingerprint density at radius 2 is 2.19 bits per heavy atom. The van der Waals surface area contributed by atoms with Gasteiger partial charge in [0.25, 0.3) is 0 Å². The summed E-state index contributed by atoms with van der Waals surface area (Å²) in [5.74, 6) is 0.312. The predicted octanol–water partition coefficient (Wildman–Crippen LogP) is 3.13. The molecule has 3 heteroatoms. The molecule has 0 heterocycles. The van der Waals surface area contributed by atoms with E-state index in [0.717, 1.165) is 30.2 Å². The van der Waals surface area contributed by atoms with Crippen molar-refractivity contribution in [3.05, 3.63) is 27.7 Å². The second kappa shape index (κ2) is 4.38. The van der Waals surface area contributed by atoms with E-state index >= 15 is 0 Å². The quantitative estimate of drug-likeness (QED) is 0.876. The molecule has 1 atom stereocenters. The number of aliphatic hydroxyl groups excluding tert-OH is 1. The molecule has 2 N–H and O–H groups in total. The number of halogens is 1. The number of aromatic hydroxyl groups is 1. The van der Waals surface area contributed by atoms with Crippen LogP contribution >= 0.6 is 15.9 Å². The van der Waals surface area contributed by atoms with Crippen molar-refractivity contribution < 1.29 is 10.2 Å². The third kappa shape index (κ3) is 1.87. The highest BCUT2D eigenvalue weighted by Gasteiger charge is 2.32. The van der Waals surface area contributed by atoms with Gasteiger partial charge in [-0.25, -0.2) is 0 Å². The molecular weight excluding hydrogens is 268 g/mol. The molecule has 0 bridgehead atoms. The van der Waals surface area contributed by atoms with Crippen LogP contribution in [0.2, 0.25) is 0 Å². The van der Waals surface area contributed by atoms with Gasteiger partial charge in [-0.3, -0.25) is 0 Å². The number of hydrogen-bond donors (Lipinski definition) is 2. The normalized spacial score (nSPS) is 24.2. The van der Waals surface area contributed by atoms with E-state index in [1.807, 2.05) is 6.07 Å². The van der Waals surface area contributed by atoms with E-state index in [-0.39, 0.29) is 12.0 Å². The van der Waals surface area contributed by atoms with Gasteiger partial charge < -0.3 is 10.2 Å². The zero-order valence-corrected chi connectivity index (χ0v) is 11.0. The predicted molar refractivity (Wildman–Crippen MR) is 67.8 cm³/mol. The van der Waals surface area contributed by atoms with E-state index in [0.29, 0.717) is 5.75 Å². The van der Waals surface area contributed by atoms with Crippen molar-refractivity contribution in [1.29, 1.82) is 0 Å². The third-order valence-electron chi connectivity index (χ3n) is 3.69. The molecule has 0 aliphatic heterocycles. The summed E-state index contributed by atoms with van der Waals surface area (Å²) in [6.45, 7) is 2.42. The molecule has 1 unspecified atom stereocenters. The van der Waals surface area contributed by atoms with E-state index in [2.05, 4.69) is 22.9 Å². The van der Waals surface area contributed by atoms with Crippen LogP contribution in [-0.2, 0) is 11.8 Å². The molecule has 0 aromatic heterocycles. The Labute approximate surface area is 104 Å². The van der Waals surface area contributed by atoms with Crippen LogP contribution in [0.3, 0.4) is 0 Å². The molecular formula is C13H17BrO2. The van der Waals surface area contributed by atoms with Crippen molar-refractivity contribution in [2.75, 3.05) is 6.61 Å². The van der Waals surface area contributed by atoms with Gasteiger partial charge in [0.2, 0.25) is 0 Å². The van der Waals surface area contributed by atoms with E-state index in [9.17, 15) is 10.2 Å². The molecule has 1 aromatic carbocycles. The molecule has 1 aliphatic carbocycles. The fourth-order valence-corrected chi connectivity index (χ4v) is 3.26. The Kier molecular flexibility index (Phi) is 3.27. The number of rotatable bonds is 2. The lowest BCUT2D eigenvalue weighted by atomic mass is 9.69. The van der Waals surface area contributed by atoms with Gasteiger partial charge in [0.15, 0.2) is 0 Å². The number of aliphatic hydroxyl groups is 1. The minimum atomic E-state index is 0.0541. The van der Waals surface area contributed by atoms with Gasteiger partial charge in [-0.15, -0.1) is 0 Å². The molecule has 1 aromatic rings. The number of fused-ring (bicyclic) bond motifs is 1. The van der Waals surface area contributed by atoms with E-state index in [4.69, 9.17) is 0 Å². The summed E-state index contributed by atoms with van der Waals surface area (Å²) in [6.07, 6.45) is 4.02. The van der Waals surface area contributed by atoms with Crippen molar-refractivity contribution in [1.82, 2.24) is 0 Å². The minimum absolute atomic E-state index is 0.0541. The average Bonchev–Trinajstić information content (AvgIpc) is 2.24. The molecule has 0 spiro atoms. The Morgan fingerprint density at radius 3 is 2.88 bits per heavy atom. The first-order valence-electron chi connectivity index (χ1n) is 5.70. The summed E-state index contributed by atoms with van der Waals surface area (Å²) in [5.41, 5.74) is 2.54. The second-order valence-electron chi connectivity index (χ2n) is 4.81. The van der Waals surface area contributed by atoms with Crippen molar-refractivity contribution >= 4 is 15.9 Å². The average molecular weight is 285 g/mol. The van der Waals surface area contributed by atoms with Crippen molar-refractivity contribution in [3.63, 3.8) is 0 Å². The highest BCUT2D eigenvalue weighted by atomic mass is 79.9. The first kappa shape index (κ1) is 11.9. The van der Waals surface area contributed by atoms with Gasteiger partial charge in [0, 0.05) is 6.61 Å². The fraction of sp³-hybridized carbons (Fsp3) is 0.538. The maximum atomic E-state index is 9.68. The topological polar surface area (TPSA) is 40.5 Å². The van der Waals surface area contributed by atoms with Crippen LogP contribution in [0.15, 0.2) is 16.6 Å². The van der Waals surface area contributed by atoms with Crippen molar-refractivity contribution in [3.8, 4) is 5.75 Å². The highest BCUT2D eigenvalue weighted by Crippen LogP contribution is 2.44. The molecule has 16 heavy (non-hydrogen) atoms. The maximum absolute atomic E-state index is 9.68. The van der Waals surface area contributed by atoms with Crippen LogP contribution in [-0.4, -0.2) is 16.8 Å². The molecule has 0 fully saturated rings. The summed E-state index contributed by atoms with van der Waals surface area (Å²) in [7, 11) is 0. The number of hydrogen-bond acceptors (Lipinski definition) is 2. The van der Waals surface area contributed by atoms with Crippen LogP contribution in [0.5, 0.6) is 5.75 Å².